The van der Waals surface area contributed by atoms with E-state index in [1.54, 1.807) is 18.2 Å². The van der Waals surface area contributed by atoms with Crippen molar-refractivity contribution >= 4 is 27.5 Å². The van der Waals surface area contributed by atoms with Crippen LogP contribution in [0.3, 0.4) is 0 Å². The topological polar surface area (TPSA) is 34.1 Å². The molecule has 4 heteroatoms. The van der Waals surface area contributed by atoms with E-state index in [2.05, 4.69) is 15.9 Å². The second-order valence-corrected chi connectivity index (χ2v) is 4.95. The van der Waals surface area contributed by atoms with Crippen LogP contribution in [0.4, 0.5) is 4.39 Å². The van der Waals surface area contributed by atoms with E-state index >= 15 is 0 Å². The Morgan fingerprint density at radius 2 is 1.33 bits per heavy atom. The first-order chi connectivity index (χ1) is 8.58. The summed E-state index contributed by atoms with van der Waals surface area (Å²) in [6.07, 6.45) is 0. The Labute approximate surface area is 111 Å². The molecule has 1 aliphatic rings. The van der Waals surface area contributed by atoms with Gasteiger partial charge in [-0.1, -0.05) is 15.9 Å². The van der Waals surface area contributed by atoms with Gasteiger partial charge in [-0.05, 0) is 36.4 Å². The summed E-state index contributed by atoms with van der Waals surface area (Å²) in [5.74, 6) is -1.08. The van der Waals surface area contributed by atoms with Crippen LogP contribution in [-0.2, 0) is 0 Å². The highest BCUT2D eigenvalue weighted by molar-refractivity contribution is 9.10. The Morgan fingerprint density at radius 1 is 0.778 bits per heavy atom. The van der Waals surface area contributed by atoms with E-state index in [-0.39, 0.29) is 22.7 Å². The summed E-state index contributed by atoms with van der Waals surface area (Å²) in [4.78, 5) is 24.4. The Hall–Kier alpha value is -1.81. The van der Waals surface area contributed by atoms with Crippen LogP contribution in [0.15, 0.2) is 40.9 Å². The second kappa shape index (κ2) is 3.85. The van der Waals surface area contributed by atoms with Gasteiger partial charge in [0, 0.05) is 26.7 Å². The van der Waals surface area contributed by atoms with Gasteiger partial charge in [-0.3, -0.25) is 9.59 Å². The van der Waals surface area contributed by atoms with Gasteiger partial charge in [0.2, 0.25) is 0 Å². The van der Waals surface area contributed by atoms with Gasteiger partial charge in [0.15, 0.2) is 11.6 Å². The number of carbonyl (C=O) groups excluding carboxylic acids is 2. The largest absolute Gasteiger partial charge is 0.289 e. The van der Waals surface area contributed by atoms with Crippen LogP contribution in [0.1, 0.15) is 31.8 Å². The van der Waals surface area contributed by atoms with E-state index in [0.29, 0.717) is 11.1 Å². The Kier molecular flexibility index (Phi) is 2.41. The average molecular weight is 305 g/mol. The SMILES string of the molecule is O=C1c2ccc(Br)cc2C(=O)c2ccc(F)cc21. The summed E-state index contributed by atoms with van der Waals surface area (Å²) in [5.41, 5.74) is 1.07. The van der Waals surface area contributed by atoms with Crippen LogP contribution in [-0.4, -0.2) is 11.6 Å². The van der Waals surface area contributed by atoms with E-state index in [1.807, 2.05) is 0 Å². The van der Waals surface area contributed by atoms with Crippen molar-refractivity contribution < 1.29 is 14.0 Å². The first-order valence-corrected chi connectivity index (χ1v) is 6.06. The molecule has 0 N–H and O–H groups in total. The Morgan fingerprint density at radius 3 is 2.00 bits per heavy atom. The van der Waals surface area contributed by atoms with Crippen LogP contribution < -0.4 is 0 Å². The van der Waals surface area contributed by atoms with Crippen LogP contribution in [0.25, 0.3) is 0 Å². The molecule has 0 saturated heterocycles. The van der Waals surface area contributed by atoms with Crippen molar-refractivity contribution in [3.63, 3.8) is 0 Å². The smallest absolute Gasteiger partial charge is 0.194 e. The molecule has 0 heterocycles. The lowest BCUT2D eigenvalue weighted by atomic mass is 9.84. The summed E-state index contributed by atoms with van der Waals surface area (Å²) in [7, 11) is 0. The van der Waals surface area contributed by atoms with Gasteiger partial charge in [-0.15, -0.1) is 0 Å². The molecule has 0 radical (unpaired) electrons. The van der Waals surface area contributed by atoms with Crippen LogP contribution in [0.2, 0.25) is 0 Å². The molecule has 0 spiro atoms. The highest BCUT2D eigenvalue weighted by Gasteiger charge is 2.29. The fourth-order valence-corrected chi connectivity index (χ4v) is 2.46. The van der Waals surface area contributed by atoms with Gasteiger partial charge in [0.1, 0.15) is 5.82 Å². The fourth-order valence-electron chi connectivity index (χ4n) is 2.09. The van der Waals surface area contributed by atoms with Gasteiger partial charge < -0.3 is 0 Å². The van der Waals surface area contributed by atoms with Crippen LogP contribution in [0.5, 0.6) is 0 Å². The molecule has 0 aliphatic heterocycles. The van der Waals surface area contributed by atoms with Crippen molar-refractivity contribution in [1.82, 2.24) is 0 Å². The Balaban J connectivity index is 2.31. The molecule has 2 aromatic rings. The molecule has 0 atom stereocenters. The molecule has 0 unspecified atom stereocenters. The lowest BCUT2D eigenvalue weighted by Crippen LogP contribution is -2.21. The summed E-state index contributed by atoms with van der Waals surface area (Å²) in [6, 6.07) is 8.53. The van der Waals surface area contributed by atoms with E-state index in [0.717, 1.165) is 10.5 Å². The zero-order chi connectivity index (χ0) is 12.9. The summed E-state index contributed by atoms with van der Waals surface area (Å²) in [5, 5.41) is 0. The number of hydrogen-bond acceptors (Lipinski definition) is 2. The van der Waals surface area contributed by atoms with E-state index in [4.69, 9.17) is 0 Å². The van der Waals surface area contributed by atoms with E-state index in [1.165, 1.54) is 12.1 Å². The monoisotopic (exact) mass is 304 g/mol. The van der Waals surface area contributed by atoms with Gasteiger partial charge in [-0.25, -0.2) is 4.39 Å². The molecule has 1 aliphatic carbocycles. The summed E-state index contributed by atoms with van der Waals surface area (Å²) < 4.78 is 13.9. The average Bonchev–Trinajstić information content (AvgIpc) is 2.36. The van der Waals surface area contributed by atoms with Crippen LogP contribution >= 0.6 is 15.9 Å². The number of carbonyl (C=O) groups is 2. The minimum atomic E-state index is -0.518. The van der Waals surface area contributed by atoms with E-state index in [9.17, 15) is 14.0 Å². The first-order valence-electron chi connectivity index (χ1n) is 5.26. The predicted octanol–water partition coefficient (Wildman–Crippen LogP) is 3.36. The van der Waals surface area contributed by atoms with Crippen molar-refractivity contribution in [2.45, 2.75) is 0 Å². The molecular formula is C14H6BrFO2. The van der Waals surface area contributed by atoms with Crippen molar-refractivity contribution in [2.24, 2.45) is 0 Å². The third kappa shape index (κ3) is 1.53. The predicted molar refractivity (Wildman–Crippen MR) is 67.4 cm³/mol. The maximum Gasteiger partial charge on any atom is 0.194 e. The lowest BCUT2D eigenvalue weighted by Gasteiger charge is -2.17. The summed E-state index contributed by atoms with van der Waals surface area (Å²) in [6.45, 7) is 0. The number of rotatable bonds is 0. The zero-order valence-electron chi connectivity index (χ0n) is 9.04. The quantitative estimate of drug-likeness (QED) is 0.638. The molecule has 0 saturated carbocycles. The fraction of sp³-hybridized carbons (Fsp3) is 0. The third-order valence-electron chi connectivity index (χ3n) is 2.94. The molecule has 18 heavy (non-hydrogen) atoms. The number of ketones is 2. The molecule has 2 nitrogen and oxygen atoms in total. The maximum absolute atomic E-state index is 13.2. The number of benzene rings is 2. The zero-order valence-corrected chi connectivity index (χ0v) is 10.6. The second-order valence-electron chi connectivity index (χ2n) is 4.04. The minimum absolute atomic E-state index is 0.134. The van der Waals surface area contributed by atoms with Crippen molar-refractivity contribution in [2.75, 3.05) is 0 Å². The van der Waals surface area contributed by atoms with Crippen molar-refractivity contribution in [3.8, 4) is 0 Å². The normalized spacial score (nSPS) is 13.2. The molecule has 88 valence electrons. The van der Waals surface area contributed by atoms with E-state index < -0.39 is 5.82 Å². The molecule has 2 aromatic carbocycles. The van der Waals surface area contributed by atoms with Crippen molar-refractivity contribution in [1.29, 1.82) is 0 Å². The van der Waals surface area contributed by atoms with Gasteiger partial charge >= 0.3 is 0 Å². The van der Waals surface area contributed by atoms with Gasteiger partial charge in [0.25, 0.3) is 0 Å². The molecular weight excluding hydrogens is 299 g/mol. The molecule has 0 fully saturated rings. The standard InChI is InChI=1S/C14H6BrFO2/c15-7-1-3-9-11(5-7)13(17)10-4-2-8(16)6-12(10)14(9)18/h1-6H. The molecule has 0 amide bonds. The van der Waals surface area contributed by atoms with Gasteiger partial charge in [0.05, 0.1) is 0 Å². The number of hydrogen-bond donors (Lipinski definition) is 0. The van der Waals surface area contributed by atoms with Crippen molar-refractivity contribution in [3.05, 3.63) is 68.9 Å². The number of fused-ring (bicyclic) bond motifs is 2. The highest BCUT2D eigenvalue weighted by Crippen LogP contribution is 2.29. The number of halogens is 2. The summed E-state index contributed by atoms with van der Waals surface area (Å²) >= 11 is 3.27. The Bertz CT molecular complexity index is 645. The lowest BCUT2D eigenvalue weighted by molar-refractivity contribution is 0.0978. The minimum Gasteiger partial charge on any atom is -0.289 e. The van der Waals surface area contributed by atoms with Gasteiger partial charge in [-0.2, -0.15) is 0 Å². The first kappa shape index (κ1) is 11.3. The molecule has 0 aromatic heterocycles. The molecule has 0 bridgehead atoms. The maximum atomic E-state index is 13.2. The third-order valence-corrected chi connectivity index (χ3v) is 3.43. The highest BCUT2D eigenvalue weighted by atomic mass is 79.9. The van der Waals surface area contributed by atoms with Crippen LogP contribution in [0, 0.1) is 5.82 Å². The molecule has 3 rings (SSSR count).